The number of thioether (sulfide) groups is 1. The number of hydrogen-bond donors (Lipinski definition) is 2. The minimum absolute atomic E-state index is 0.0214. The van der Waals surface area contributed by atoms with Crippen molar-refractivity contribution in [3.8, 4) is 0 Å². The van der Waals surface area contributed by atoms with Crippen LogP contribution in [0.15, 0.2) is 40.2 Å². The summed E-state index contributed by atoms with van der Waals surface area (Å²) in [4.78, 5) is 19.0. The second kappa shape index (κ2) is 14.3. The number of aliphatic imine (C=N–C) groups is 1. The van der Waals surface area contributed by atoms with E-state index in [1.54, 1.807) is 30.8 Å². The number of nitrogens with one attached hydrogen (secondary N) is 2. The van der Waals surface area contributed by atoms with Gasteiger partial charge < -0.3 is 25.0 Å². The molecule has 0 saturated carbocycles. The van der Waals surface area contributed by atoms with E-state index in [1.165, 1.54) is 4.90 Å². The maximum atomic E-state index is 11.8. The molecule has 162 valence electrons. The van der Waals surface area contributed by atoms with E-state index >= 15 is 0 Å². The molecule has 1 saturated heterocycles. The Morgan fingerprint density at radius 1 is 1.28 bits per heavy atom. The summed E-state index contributed by atoms with van der Waals surface area (Å²) in [6.07, 6.45) is 1.98. The fraction of sp³-hybridized carbons (Fsp3) is 0.619. The van der Waals surface area contributed by atoms with Crippen molar-refractivity contribution in [3.05, 3.63) is 30.3 Å². The van der Waals surface area contributed by atoms with Crippen LogP contribution in [-0.4, -0.2) is 82.7 Å². The Bertz CT molecular complexity index is 607. The number of guanidine groups is 1. The van der Waals surface area contributed by atoms with Crippen LogP contribution >= 0.6 is 11.8 Å². The molecule has 1 amide bonds. The molecule has 0 aromatic heterocycles. The van der Waals surface area contributed by atoms with E-state index < -0.39 is 0 Å². The Kier molecular flexibility index (Phi) is 11.6. The quantitative estimate of drug-likeness (QED) is 0.232. The summed E-state index contributed by atoms with van der Waals surface area (Å²) < 4.78 is 11.1. The van der Waals surface area contributed by atoms with Gasteiger partial charge in [0.15, 0.2) is 5.96 Å². The first-order valence-electron chi connectivity index (χ1n) is 10.2. The molecule has 1 aromatic carbocycles. The molecule has 0 spiro atoms. The van der Waals surface area contributed by atoms with Gasteiger partial charge in [0.1, 0.15) is 6.54 Å². The van der Waals surface area contributed by atoms with Gasteiger partial charge in [0.05, 0.1) is 13.2 Å². The SMILES string of the molecule is CN(C)C(=O)CN=C(NCCCOCC1CCOC1)NCCSc1ccccc1. The van der Waals surface area contributed by atoms with Gasteiger partial charge in [-0.05, 0) is 25.0 Å². The molecule has 2 N–H and O–H groups in total. The van der Waals surface area contributed by atoms with E-state index in [9.17, 15) is 4.79 Å². The average molecular weight is 423 g/mol. The van der Waals surface area contributed by atoms with Crippen molar-refractivity contribution < 1.29 is 14.3 Å². The molecule has 0 aliphatic carbocycles. The van der Waals surface area contributed by atoms with Crippen molar-refractivity contribution >= 4 is 23.6 Å². The van der Waals surface area contributed by atoms with Crippen LogP contribution in [0.1, 0.15) is 12.8 Å². The number of likely N-dealkylation sites (N-methyl/N-ethyl adjacent to an activating group) is 1. The third-order valence-corrected chi connectivity index (χ3v) is 5.43. The molecule has 1 aromatic rings. The van der Waals surface area contributed by atoms with Crippen molar-refractivity contribution in [2.24, 2.45) is 10.9 Å². The van der Waals surface area contributed by atoms with E-state index in [1.807, 2.05) is 18.2 Å². The summed E-state index contributed by atoms with van der Waals surface area (Å²) in [5.41, 5.74) is 0. The van der Waals surface area contributed by atoms with Crippen molar-refractivity contribution in [1.82, 2.24) is 15.5 Å². The van der Waals surface area contributed by atoms with Crippen LogP contribution in [0.5, 0.6) is 0 Å². The highest BCUT2D eigenvalue weighted by molar-refractivity contribution is 7.99. The van der Waals surface area contributed by atoms with Crippen LogP contribution in [0.25, 0.3) is 0 Å². The fourth-order valence-corrected chi connectivity index (χ4v) is 3.45. The largest absolute Gasteiger partial charge is 0.381 e. The molecule has 0 bridgehead atoms. The molecule has 2 rings (SSSR count). The minimum atomic E-state index is -0.0214. The first-order valence-corrected chi connectivity index (χ1v) is 11.2. The summed E-state index contributed by atoms with van der Waals surface area (Å²) in [5.74, 6) is 2.10. The third-order valence-electron chi connectivity index (χ3n) is 4.41. The highest BCUT2D eigenvalue weighted by atomic mass is 32.2. The smallest absolute Gasteiger partial charge is 0.243 e. The molecule has 1 aliphatic rings. The number of hydrogen-bond acceptors (Lipinski definition) is 5. The molecule has 29 heavy (non-hydrogen) atoms. The van der Waals surface area contributed by atoms with Gasteiger partial charge in [-0.3, -0.25) is 4.79 Å². The lowest BCUT2D eigenvalue weighted by Gasteiger charge is -2.14. The first kappa shape index (κ1) is 23.5. The van der Waals surface area contributed by atoms with Gasteiger partial charge in [0.2, 0.25) is 5.91 Å². The Labute approximate surface area is 178 Å². The van der Waals surface area contributed by atoms with E-state index in [-0.39, 0.29) is 12.5 Å². The maximum Gasteiger partial charge on any atom is 0.243 e. The van der Waals surface area contributed by atoms with Crippen LogP contribution in [0.3, 0.4) is 0 Å². The molecule has 7 nitrogen and oxygen atoms in total. The number of ether oxygens (including phenoxy) is 2. The number of carbonyl (C=O) groups is 1. The lowest BCUT2D eigenvalue weighted by Crippen LogP contribution is -2.40. The summed E-state index contributed by atoms with van der Waals surface area (Å²) >= 11 is 1.79. The fourth-order valence-electron chi connectivity index (χ4n) is 2.66. The Morgan fingerprint density at radius 3 is 2.79 bits per heavy atom. The van der Waals surface area contributed by atoms with Gasteiger partial charge in [0, 0.05) is 57.0 Å². The summed E-state index contributed by atoms with van der Waals surface area (Å²) in [6.45, 7) is 4.79. The predicted molar refractivity (Wildman–Crippen MR) is 119 cm³/mol. The summed E-state index contributed by atoms with van der Waals surface area (Å²) in [7, 11) is 3.48. The molecule has 1 heterocycles. The molecule has 8 heteroatoms. The third kappa shape index (κ3) is 10.5. The predicted octanol–water partition coefficient (Wildman–Crippen LogP) is 1.85. The van der Waals surface area contributed by atoms with Crippen molar-refractivity contribution in [2.75, 3.05) is 65.9 Å². The van der Waals surface area contributed by atoms with E-state index in [4.69, 9.17) is 9.47 Å². The van der Waals surface area contributed by atoms with Crippen LogP contribution in [-0.2, 0) is 14.3 Å². The Morgan fingerprint density at radius 2 is 2.07 bits per heavy atom. The number of amides is 1. The first-order chi connectivity index (χ1) is 14.1. The lowest BCUT2D eigenvalue weighted by atomic mass is 10.1. The zero-order valence-corrected chi connectivity index (χ0v) is 18.4. The summed E-state index contributed by atoms with van der Waals surface area (Å²) in [5, 5.41) is 6.61. The van der Waals surface area contributed by atoms with E-state index in [2.05, 4.69) is 27.8 Å². The highest BCUT2D eigenvalue weighted by Crippen LogP contribution is 2.15. The van der Waals surface area contributed by atoms with Gasteiger partial charge >= 0.3 is 0 Å². The van der Waals surface area contributed by atoms with Gasteiger partial charge in [0.25, 0.3) is 0 Å². The second-order valence-corrected chi connectivity index (χ2v) is 8.29. The molecule has 1 aliphatic heterocycles. The zero-order valence-electron chi connectivity index (χ0n) is 17.6. The van der Waals surface area contributed by atoms with Crippen LogP contribution in [0.4, 0.5) is 0 Å². The van der Waals surface area contributed by atoms with Gasteiger partial charge in [-0.2, -0.15) is 0 Å². The molecule has 0 radical (unpaired) electrons. The standard InChI is InChI=1S/C21H34N4O3S/c1-25(2)20(26)15-24-21(23-11-14-29-19-7-4-3-5-8-19)22-10-6-12-27-16-18-9-13-28-17-18/h3-5,7-8,18H,6,9-17H2,1-2H3,(H2,22,23,24). The number of carbonyl (C=O) groups excluding carboxylic acids is 1. The highest BCUT2D eigenvalue weighted by Gasteiger charge is 2.15. The second-order valence-electron chi connectivity index (χ2n) is 7.13. The Balaban J connectivity index is 1.65. The number of rotatable bonds is 12. The monoisotopic (exact) mass is 422 g/mol. The normalized spacial score (nSPS) is 16.6. The molecule has 1 fully saturated rings. The summed E-state index contributed by atoms with van der Waals surface area (Å²) in [6, 6.07) is 10.3. The minimum Gasteiger partial charge on any atom is -0.381 e. The molecular weight excluding hydrogens is 388 g/mol. The van der Waals surface area contributed by atoms with Gasteiger partial charge in [-0.15, -0.1) is 11.8 Å². The van der Waals surface area contributed by atoms with Crippen molar-refractivity contribution in [3.63, 3.8) is 0 Å². The van der Waals surface area contributed by atoms with Crippen LogP contribution in [0.2, 0.25) is 0 Å². The lowest BCUT2D eigenvalue weighted by molar-refractivity contribution is -0.127. The molecule has 1 unspecified atom stereocenters. The molecule has 1 atom stereocenters. The van der Waals surface area contributed by atoms with E-state index in [0.717, 1.165) is 51.5 Å². The maximum absolute atomic E-state index is 11.8. The number of benzene rings is 1. The number of nitrogens with zero attached hydrogens (tertiary/aromatic N) is 2. The van der Waals surface area contributed by atoms with Crippen LogP contribution < -0.4 is 10.6 Å². The Hall–Kier alpha value is -1.77. The van der Waals surface area contributed by atoms with Gasteiger partial charge in [-0.1, -0.05) is 18.2 Å². The van der Waals surface area contributed by atoms with Crippen molar-refractivity contribution in [1.29, 1.82) is 0 Å². The molecular formula is C21H34N4O3S. The van der Waals surface area contributed by atoms with Crippen LogP contribution in [0, 0.1) is 5.92 Å². The zero-order chi connectivity index (χ0) is 20.7. The topological polar surface area (TPSA) is 75.2 Å². The van der Waals surface area contributed by atoms with Crippen molar-refractivity contribution in [2.45, 2.75) is 17.7 Å². The van der Waals surface area contributed by atoms with Gasteiger partial charge in [-0.25, -0.2) is 4.99 Å². The van der Waals surface area contributed by atoms with E-state index in [0.29, 0.717) is 18.5 Å². The average Bonchev–Trinajstić information content (AvgIpc) is 3.25.